The van der Waals surface area contributed by atoms with Crippen molar-refractivity contribution in [2.75, 3.05) is 23.9 Å². The number of rotatable bonds is 13. The molecule has 4 aromatic carbocycles. The van der Waals surface area contributed by atoms with Gasteiger partial charge in [0, 0.05) is 11.1 Å². The molecule has 1 aliphatic heterocycles. The molecule has 0 saturated heterocycles. The average Bonchev–Trinajstić information content (AvgIpc) is 3.14. The summed E-state index contributed by atoms with van der Waals surface area (Å²) in [6, 6.07) is 16.5. The Morgan fingerprint density at radius 2 is 1.28 bits per heavy atom. The van der Waals surface area contributed by atoms with Crippen molar-refractivity contribution in [3.05, 3.63) is 102 Å². The number of carbonyl (C=O) groups is 1. The average molecular weight is 870 g/mol. The van der Waals surface area contributed by atoms with E-state index in [1.165, 1.54) is 42.5 Å². The predicted octanol–water partition coefficient (Wildman–Crippen LogP) is 10.7. The number of alkyl halides is 15. The van der Waals surface area contributed by atoms with Gasteiger partial charge < -0.3 is 29.0 Å². The van der Waals surface area contributed by atoms with E-state index in [1.807, 2.05) is 0 Å². The first-order chi connectivity index (χ1) is 26.9. The Hall–Kier alpha value is -5.18. The summed E-state index contributed by atoms with van der Waals surface area (Å²) in [5.41, 5.74) is 0.808. The maximum atomic E-state index is 13.3. The van der Waals surface area contributed by atoms with E-state index in [4.69, 9.17) is 16.3 Å². The van der Waals surface area contributed by atoms with Gasteiger partial charge in [0.2, 0.25) is 0 Å². The zero-order chi connectivity index (χ0) is 43.2. The second-order valence-corrected chi connectivity index (χ2v) is 12.1. The van der Waals surface area contributed by atoms with E-state index in [0.29, 0.717) is 0 Å². The molecule has 1 N–H and O–H groups in total. The number of aliphatic hydroxyl groups excluding tert-OH is 1. The molecule has 0 radical (unpaired) electrons. The summed E-state index contributed by atoms with van der Waals surface area (Å²) in [6.45, 7) is -1.35. The lowest BCUT2D eigenvalue weighted by atomic mass is 9.98. The highest BCUT2D eigenvalue weighted by Gasteiger charge is 2.45. The zero-order valence-corrected chi connectivity index (χ0v) is 29.5. The summed E-state index contributed by atoms with van der Waals surface area (Å²) in [4.78, 5) is 12.2. The van der Waals surface area contributed by atoms with Crippen LogP contribution in [0.5, 0.6) is 23.0 Å². The van der Waals surface area contributed by atoms with Gasteiger partial charge in [-0.3, -0.25) is 4.79 Å². The van der Waals surface area contributed by atoms with Crippen molar-refractivity contribution in [1.82, 2.24) is 0 Å². The van der Waals surface area contributed by atoms with Crippen LogP contribution in [0.15, 0.2) is 91.0 Å². The molecule has 0 aromatic heterocycles. The van der Waals surface area contributed by atoms with Gasteiger partial charge in [0.1, 0.15) is 23.9 Å². The minimum Gasteiger partial charge on any atom is -0.488 e. The largest absolute Gasteiger partial charge is 0.573 e. The topological polar surface area (TPSA) is 77.5 Å². The molecule has 1 aliphatic rings. The number of fused-ring (bicyclic) bond motifs is 1. The Morgan fingerprint density at radius 1 is 0.741 bits per heavy atom. The highest BCUT2D eigenvalue weighted by atomic mass is 35.5. The number of anilines is 1. The first kappa shape index (κ1) is 45.5. The highest BCUT2D eigenvalue weighted by molar-refractivity contribution is 6.30. The van der Waals surface area contributed by atoms with Crippen molar-refractivity contribution >= 4 is 23.1 Å². The Bertz CT molecular complexity index is 1980. The molecular weight excluding hydrogens is 844 g/mol. The lowest BCUT2D eigenvalue weighted by Gasteiger charge is -2.40. The Balaban J connectivity index is 0.000000366. The molecule has 58 heavy (non-hydrogen) atoms. The van der Waals surface area contributed by atoms with Gasteiger partial charge in [0.15, 0.2) is 17.6 Å². The molecule has 0 spiro atoms. The quantitative estimate of drug-likeness (QED) is 0.0815. The van der Waals surface area contributed by atoms with Crippen molar-refractivity contribution in [2.24, 2.45) is 0 Å². The van der Waals surface area contributed by atoms with Crippen LogP contribution in [-0.4, -0.2) is 73.6 Å². The molecule has 0 amide bonds. The number of ether oxygens (including phenoxy) is 4. The Kier molecular flexibility index (Phi) is 14.3. The summed E-state index contributed by atoms with van der Waals surface area (Å²) in [5.74, 6) is -2.31. The van der Waals surface area contributed by atoms with Gasteiger partial charge in [-0.25, -0.2) is 0 Å². The number of ketones is 1. The molecule has 2 unspecified atom stereocenters. The van der Waals surface area contributed by atoms with Crippen LogP contribution in [0.25, 0.3) is 11.1 Å². The van der Waals surface area contributed by atoms with Gasteiger partial charge in [-0.15, -0.1) is 24.8 Å². The van der Waals surface area contributed by atoms with E-state index in [0.717, 1.165) is 53.4 Å². The smallest absolute Gasteiger partial charge is 0.488 e. The van der Waals surface area contributed by atoms with Crippen molar-refractivity contribution in [3.8, 4) is 34.1 Å². The summed E-state index contributed by atoms with van der Waals surface area (Å²) < 4.78 is 196. The van der Waals surface area contributed by atoms with Gasteiger partial charge >= 0.3 is 37.6 Å². The van der Waals surface area contributed by atoms with Crippen LogP contribution in [0.2, 0.25) is 0 Å². The Morgan fingerprint density at radius 3 is 1.78 bits per heavy atom. The van der Waals surface area contributed by atoms with Crippen LogP contribution < -0.4 is 23.8 Å². The third kappa shape index (κ3) is 11.9. The van der Waals surface area contributed by atoms with Crippen LogP contribution in [0, 0.1) is 0 Å². The zero-order valence-electron chi connectivity index (χ0n) is 28.7. The first-order valence-corrected chi connectivity index (χ1v) is 16.6. The molecule has 0 bridgehead atoms. The molecule has 7 nitrogen and oxygen atoms in total. The number of para-hydroxylation sites is 1. The summed E-state index contributed by atoms with van der Waals surface area (Å²) in [7, 11) is 0. The number of β-amino-alcohol motifs (C(OH)–C–C–N with tert-alkyl or cyclic N) is 1. The SMILES string of the molecule is O=C(CCl)c1ccc(OC(F)(F)C(F)F)cc1.OC(CN1c2cccc(-c3cccc(OC(F)(F)F)c3)c2OCC1c1ccc(OC(F)(F)C(F)F)cc1)C(F)(F)F. The molecule has 0 fully saturated rings. The number of carbonyl (C=O) groups excluding carboxylic acids is 1. The molecule has 4 aromatic rings. The molecule has 0 aliphatic carbocycles. The van der Waals surface area contributed by atoms with E-state index in [-0.39, 0.29) is 46.2 Å². The van der Waals surface area contributed by atoms with E-state index < -0.39 is 79.3 Å². The summed E-state index contributed by atoms with van der Waals surface area (Å²) >= 11 is 5.27. The number of hydrogen-bond donors (Lipinski definition) is 1. The third-order valence-corrected chi connectivity index (χ3v) is 8.01. The van der Waals surface area contributed by atoms with Gasteiger partial charge in [-0.2, -0.15) is 48.3 Å². The normalized spacial score (nSPS) is 15.2. The van der Waals surface area contributed by atoms with Crippen molar-refractivity contribution in [3.63, 3.8) is 0 Å². The van der Waals surface area contributed by atoms with Gasteiger partial charge in [-0.05, 0) is 65.7 Å². The fourth-order valence-corrected chi connectivity index (χ4v) is 5.30. The Labute approximate surface area is 323 Å². The number of halogens is 15. The van der Waals surface area contributed by atoms with Crippen LogP contribution in [0.3, 0.4) is 0 Å². The molecule has 316 valence electrons. The maximum Gasteiger partial charge on any atom is 0.573 e. The first-order valence-electron chi connectivity index (χ1n) is 16.0. The van der Waals surface area contributed by atoms with Gasteiger partial charge in [0.05, 0.1) is 24.2 Å². The van der Waals surface area contributed by atoms with Crippen LogP contribution in [0.1, 0.15) is 22.0 Å². The van der Waals surface area contributed by atoms with Crippen molar-refractivity contribution < 1.29 is 90.3 Å². The molecular formula is C36H26ClF14NO6. The molecule has 22 heteroatoms. The van der Waals surface area contributed by atoms with E-state index in [1.54, 1.807) is 0 Å². The molecule has 5 rings (SSSR count). The number of benzene rings is 4. The number of aliphatic hydroxyl groups is 1. The minimum absolute atomic E-state index is 0.00110. The van der Waals surface area contributed by atoms with Gasteiger partial charge in [-0.1, -0.05) is 36.4 Å². The monoisotopic (exact) mass is 869 g/mol. The van der Waals surface area contributed by atoms with Crippen molar-refractivity contribution in [1.29, 1.82) is 0 Å². The molecule has 0 saturated carbocycles. The highest BCUT2D eigenvalue weighted by Crippen LogP contribution is 2.46. The number of Topliss-reactive ketones (excluding diaryl/α,β-unsaturated/α-hetero) is 1. The number of nitrogens with zero attached hydrogens (tertiary/aromatic N) is 1. The minimum atomic E-state index is -5.03. The van der Waals surface area contributed by atoms with Crippen LogP contribution in [0.4, 0.5) is 67.2 Å². The summed E-state index contributed by atoms with van der Waals surface area (Å²) in [5, 5.41) is 9.88. The van der Waals surface area contributed by atoms with Crippen LogP contribution in [-0.2, 0) is 0 Å². The number of hydrogen-bond acceptors (Lipinski definition) is 7. The summed E-state index contributed by atoms with van der Waals surface area (Å²) in [6.07, 6.45) is -30.2. The fraction of sp³-hybridized carbons (Fsp3) is 0.306. The van der Waals surface area contributed by atoms with Gasteiger partial charge in [0.25, 0.3) is 0 Å². The van der Waals surface area contributed by atoms with E-state index in [9.17, 15) is 71.4 Å². The van der Waals surface area contributed by atoms with E-state index >= 15 is 0 Å². The lowest BCUT2D eigenvalue weighted by Crippen LogP contribution is -2.46. The fourth-order valence-electron chi connectivity index (χ4n) is 5.15. The standard InChI is InChI=1S/C26H19F10NO4.C10H7ClF4O2/c27-23(28)25(32,33)40-16-9-7-14(8-10-16)20-13-39-22-18(15-3-1-4-17(11-15)41-26(34,35)36)5-2-6-19(22)37(20)12-21(38)24(29,30)31;11-5-8(16)6-1-3-7(4-2-6)17-10(14,15)9(12)13/h1-11,20-21,23,38H,12-13H2;1-4,9H,5H2. The van der Waals surface area contributed by atoms with Crippen LogP contribution >= 0.6 is 11.6 Å². The maximum absolute atomic E-state index is 13.3. The molecule has 1 heterocycles. The third-order valence-electron chi connectivity index (χ3n) is 7.77. The van der Waals surface area contributed by atoms with Crippen molar-refractivity contribution in [2.45, 2.75) is 49.8 Å². The molecule has 2 atom stereocenters. The second kappa shape index (κ2) is 18.2. The second-order valence-electron chi connectivity index (χ2n) is 11.8. The lowest BCUT2D eigenvalue weighted by molar-refractivity contribution is -0.274. The predicted molar refractivity (Wildman–Crippen MR) is 177 cm³/mol. The van der Waals surface area contributed by atoms with E-state index in [2.05, 4.69) is 14.2 Å².